The number of unbranched alkanes of at least 4 members (excludes halogenated alkanes) is 3. The SMILES string of the molecule is CC(=O)N[C@H]1[C@H](OCCCCCCNC(=O)C2CCC(CCN3C(=O)C=CC3=O)CC2)O[C@H](CO)[C@@H](O[C@]2(C(=O)O)C[C@@H](O)[C@H](NC(C)=O)[C@@H](C(O)[C@H](O)CO)O2)[C@@H]1O[C@@H]1O[C@H](C)[C@@H](O)[C@H](O)[C@@H]1O. The number of nitrogens with one attached hydrogen (secondary N) is 3. The molecule has 0 radical (unpaired) electrons. The van der Waals surface area contributed by atoms with Crippen molar-refractivity contribution in [2.45, 2.75) is 183 Å². The molecule has 4 aliphatic heterocycles. The third-order valence-electron chi connectivity index (χ3n) is 13.3. The number of rotatable bonds is 23. The van der Waals surface area contributed by atoms with Crippen molar-refractivity contribution < 1.29 is 103 Å². The van der Waals surface area contributed by atoms with Gasteiger partial charge in [-0.2, -0.15) is 0 Å². The number of imide groups is 1. The van der Waals surface area contributed by atoms with E-state index < -0.39 is 135 Å². The zero-order chi connectivity index (χ0) is 50.7. The van der Waals surface area contributed by atoms with Crippen molar-refractivity contribution in [3.8, 4) is 0 Å². The second kappa shape index (κ2) is 25.5. The third kappa shape index (κ3) is 14.2. The third-order valence-corrected chi connectivity index (χ3v) is 13.3. The Morgan fingerprint density at radius 2 is 1.48 bits per heavy atom. The molecule has 0 aromatic rings. The van der Waals surface area contributed by atoms with Gasteiger partial charge in [0.1, 0.15) is 61.0 Å². The van der Waals surface area contributed by atoms with Crippen LogP contribution in [0.25, 0.3) is 0 Å². The van der Waals surface area contributed by atoms with Crippen LogP contribution in [0.1, 0.15) is 85.0 Å². The molecule has 4 heterocycles. The number of ether oxygens (including phenoxy) is 6. The fourth-order valence-corrected chi connectivity index (χ4v) is 9.45. The number of aliphatic hydroxyl groups is 8. The van der Waals surface area contributed by atoms with Crippen LogP contribution < -0.4 is 16.0 Å². The quantitative estimate of drug-likeness (QED) is 0.0341. The van der Waals surface area contributed by atoms with E-state index in [2.05, 4.69) is 16.0 Å². The maximum atomic E-state index is 13.2. The highest BCUT2D eigenvalue weighted by molar-refractivity contribution is 6.12. The molecule has 69 heavy (non-hydrogen) atoms. The molecule has 0 aromatic heterocycles. The highest BCUT2D eigenvalue weighted by Gasteiger charge is 2.60. The van der Waals surface area contributed by atoms with E-state index in [1.807, 2.05) is 0 Å². The van der Waals surface area contributed by atoms with Gasteiger partial charge in [-0.15, -0.1) is 0 Å². The second-order valence-corrected chi connectivity index (χ2v) is 18.4. The molecule has 25 heteroatoms. The van der Waals surface area contributed by atoms with E-state index in [9.17, 15) is 74.7 Å². The first-order valence-corrected chi connectivity index (χ1v) is 23.5. The molecule has 0 spiro atoms. The molecule has 5 rings (SSSR count). The van der Waals surface area contributed by atoms with Gasteiger partial charge in [-0.1, -0.05) is 12.8 Å². The molecule has 1 saturated carbocycles. The van der Waals surface area contributed by atoms with E-state index in [1.54, 1.807) is 0 Å². The van der Waals surface area contributed by atoms with Crippen molar-refractivity contribution in [3.63, 3.8) is 0 Å². The van der Waals surface area contributed by atoms with Gasteiger partial charge >= 0.3 is 5.97 Å². The fraction of sp³-hybridized carbons (Fsp3) is 0.818. The standard InChI is InChI=1S/C44H70N4O21/c1-21-33(57)35(59)36(60)42(65-21)67-39-32(47-23(3)52)41(64-17-7-5-4-6-15-45-40(61)25-10-8-24(9-11-25)14-16-48-29(55)12-13-30(48)56)66-28(20-50)37(39)68-44(43(62)63)18-26(53)31(46-22(2)51)38(69-44)34(58)27(54)19-49/h12-13,21,24-28,31-39,41-42,49-50,53-54,57-60H,4-11,14-20H2,1-3H3,(H,45,61)(H,46,51)(H,47,52)(H,62,63)/t21-,24?,25?,26-,27-,28-,31+,32-,33-,34?,35+,36+,37-,38+,39-,41-,42+,44-/m1/s1. The largest absolute Gasteiger partial charge is 0.477 e. The van der Waals surface area contributed by atoms with Crippen LogP contribution in [0.2, 0.25) is 0 Å². The Morgan fingerprint density at radius 1 is 0.841 bits per heavy atom. The van der Waals surface area contributed by atoms with Crippen molar-refractivity contribution in [2.75, 3.05) is 32.9 Å². The Hall–Kier alpha value is -3.80. The maximum absolute atomic E-state index is 13.2. The number of carboxylic acid groups (broad SMARTS) is 1. The Labute approximate surface area is 398 Å². The first-order valence-electron chi connectivity index (χ1n) is 23.5. The topological polar surface area (TPSA) is 379 Å². The lowest BCUT2D eigenvalue weighted by molar-refractivity contribution is -0.380. The lowest BCUT2D eigenvalue weighted by atomic mass is 9.80. The van der Waals surface area contributed by atoms with Crippen molar-refractivity contribution in [2.24, 2.45) is 11.8 Å². The van der Waals surface area contributed by atoms with Crippen LogP contribution in [-0.4, -0.2) is 217 Å². The minimum atomic E-state index is -3.01. The van der Waals surface area contributed by atoms with Crippen LogP contribution in [0.15, 0.2) is 12.2 Å². The van der Waals surface area contributed by atoms with E-state index in [-0.39, 0.29) is 30.2 Å². The summed E-state index contributed by atoms with van der Waals surface area (Å²) >= 11 is 0. The molecule has 1 unspecified atom stereocenters. The molecular weight excluding hydrogens is 920 g/mol. The normalized spacial score (nSPS) is 37.0. The molecule has 1 aliphatic carbocycles. The number of aliphatic carboxylic acids is 1. The summed E-state index contributed by atoms with van der Waals surface area (Å²) in [5.41, 5.74) is 0. The van der Waals surface area contributed by atoms with Crippen LogP contribution in [0.5, 0.6) is 0 Å². The van der Waals surface area contributed by atoms with Crippen LogP contribution in [0, 0.1) is 11.8 Å². The number of nitrogens with zero attached hydrogens (tertiary/aromatic N) is 1. The van der Waals surface area contributed by atoms with Crippen LogP contribution in [0.4, 0.5) is 0 Å². The average molecular weight is 991 g/mol. The molecule has 0 bridgehead atoms. The van der Waals surface area contributed by atoms with Crippen molar-refractivity contribution in [1.82, 2.24) is 20.9 Å². The summed E-state index contributed by atoms with van der Waals surface area (Å²) in [6.07, 6.45) is -15.2. The fourth-order valence-electron chi connectivity index (χ4n) is 9.45. The van der Waals surface area contributed by atoms with Gasteiger partial charge in [-0.05, 0) is 57.8 Å². The van der Waals surface area contributed by atoms with Crippen molar-refractivity contribution in [3.05, 3.63) is 12.2 Å². The number of carbonyl (C=O) groups is 6. The predicted molar refractivity (Wildman–Crippen MR) is 231 cm³/mol. The molecule has 4 fully saturated rings. The van der Waals surface area contributed by atoms with E-state index in [4.69, 9.17) is 28.4 Å². The van der Waals surface area contributed by atoms with Gasteiger partial charge in [0, 0.05) is 58.0 Å². The second-order valence-electron chi connectivity index (χ2n) is 18.4. The molecule has 392 valence electrons. The van der Waals surface area contributed by atoms with E-state index in [0.29, 0.717) is 64.0 Å². The summed E-state index contributed by atoms with van der Waals surface area (Å²) in [7, 11) is 0. The zero-order valence-electron chi connectivity index (χ0n) is 38.9. The number of amides is 5. The van der Waals surface area contributed by atoms with Gasteiger partial charge in [0.05, 0.1) is 31.5 Å². The molecule has 5 aliphatic rings. The van der Waals surface area contributed by atoms with Gasteiger partial charge in [0.15, 0.2) is 12.6 Å². The Balaban J connectivity index is 1.24. The van der Waals surface area contributed by atoms with E-state index >= 15 is 0 Å². The highest BCUT2D eigenvalue weighted by atomic mass is 16.8. The lowest BCUT2D eigenvalue weighted by Gasteiger charge is -2.52. The minimum Gasteiger partial charge on any atom is -0.477 e. The predicted octanol–water partition coefficient (Wildman–Crippen LogP) is -4.23. The van der Waals surface area contributed by atoms with Gasteiger partial charge in [0.2, 0.25) is 17.7 Å². The Morgan fingerprint density at radius 3 is 2.09 bits per heavy atom. The summed E-state index contributed by atoms with van der Waals surface area (Å²) in [4.78, 5) is 76.0. The van der Waals surface area contributed by atoms with Crippen LogP contribution in [0.3, 0.4) is 0 Å². The number of carbonyl (C=O) groups excluding carboxylic acids is 5. The monoisotopic (exact) mass is 990 g/mol. The van der Waals surface area contributed by atoms with Gasteiger partial charge in [-0.25, -0.2) is 4.79 Å². The number of hydrogen-bond donors (Lipinski definition) is 12. The first-order chi connectivity index (χ1) is 32.7. The average Bonchev–Trinajstić information content (AvgIpc) is 3.64. The van der Waals surface area contributed by atoms with E-state index in [1.165, 1.54) is 24.0 Å². The first kappa shape index (κ1) is 56.1. The minimum absolute atomic E-state index is 0.000509. The molecule has 12 N–H and O–H groups in total. The van der Waals surface area contributed by atoms with Crippen molar-refractivity contribution >= 4 is 35.5 Å². The number of aliphatic hydroxyl groups excluding tert-OH is 8. The van der Waals surface area contributed by atoms with Gasteiger partial charge in [0.25, 0.3) is 17.6 Å². The summed E-state index contributed by atoms with van der Waals surface area (Å²) in [5, 5.41) is 104. The van der Waals surface area contributed by atoms with Crippen LogP contribution >= 0.6 is 0 Å². The Kier molecular flexibility index (Phi) is 20.8. The van der Waals surface area contributed by atoms with Gasteiger partial charge < -0.3 is 90.3 Å². The Bertz CT molecular complexity index is 1770. The molecule has 0 aromatic carbocycles. The highest BCUT2D eigenvalue weighted by Crippen LogP contribution is 2.39. The molecule has 16 atom stereocenters. The molecule has 5 amide bonds. The lowest BCUT2D eigenvalue weighted by Crippen LogP contribution is -2.72. The summed E-state index contributed by atoms with van der Waals surface area (Å²) in [6.45, 7) is 2.36. The smallest absolute Gasteiger partial charge is 0.364 e. The maximum Gasteiger partial charge on any atom is 0.364 e. The van der Waals surface area contributed by atoms with Crippen molar-refractivity contribution in [1.29, 1.82) is 0 Å². The molecule has 3 saturated heterocycles. The van der Waals surface area contributed by atoms with E-state index in [0.717, 1.165) is 26.7 Å². The zero-order valence-corrected chi connectivity index (χ0v) is 38.9. The number of hydrogen-bond acceptors (Lipinski definition) is 20. The summed E-state index contributed by atoms with van der Waals surface area (Å²) < 4.78 is 36.0. The number of carboxylic acids is 1. The molecule has 25 nitrogen and oxygen atoms in total. The summed E-state index contributed by atoms with van der Waals surface area (Å²) in [6, 6.07) is -3.03. The summed E-state index contributed by atoms with van der Waals surface area (Å²) in [5.74, 6) is -6.81. The van der Waals surface area contributed by atoms with Gasteiger partial charge in [-0.3, -0.25) is 28.9 Å². The molecular formula is C44H70N4O21. The van der Waals surface area contributed by atoms with Crippen LogP contribution in [-0.2, 0) is 57.2 Å².